The van der Waals surface area contributed by atoms with Crippen molar-refractivity contribution >= 4 is 0 Å². The van der Waals surface area contributed by atoms with Crippen molar-refractivity contribution in [3.8, 4) is 0 Å². The SMILES string of the molecule is C=C1C=CCC(=C)C1O. The van der Waals surface area contributed by atoms with Gasteiger partial charge in [0.05, 0.1) is 6.10 Å². The van der Waals surface area contributed by atoms with Crippen LogP contribution in [0.15, 0.2) is 36.5 Å². The number of aliphatic hydroxyl groups excluding tert-OH is 1. The summed E-state index contributed by atoms with van der Waals surface area (Å²) in [7, 11) is 0. The Bertz CT molecular complexity index is 177. The number of rotatable bonds is 0. The van der Waals surface area contributed by atoms with Crippen molar-refractivity contribution in [1.82, 2.24) is 0 Å². The summed E-state index contributed by atoms with van der Waals surface area (Å²) >= 11 is 0. The average molecular weight is 122 g/mol. The fourth-order valence-corrected chi connectivity index (χ4v) is 0.827. The molecule has 0 aromatic rings. The van der Waals surface area contributed by atoms with E-state index in [1.165, 1.54) is 0 Å². The molecule has 0 saturated heterocycles. The Hall–Kier alpha value is -0.820. The molecule has 1 N–H and O–H groups in total. The Labute approximate surface area is 55.0 Å². The highest BCUT2D eigenvalue weighted by atomic mass is 16.3. The summed E-state index contributed by atoms with van der Waals surface area (Å²) in [5, 5.41) is 9.20. The third kappa shape index (κ3) is 1.11. The highest BCUT2D eigenvalue weighted by Gasteiger charge is 2.12. The molecule has 0 aliphatic heterocycles. The molecule has 1 heteroatoms. The van der Waals surface area contributed by atoms with E-state index in [1.807, 2.05) is 12.2 Å². The molecule has 1 aliphatic carbocycles. The minimum absolute atomic E-state index is 0.505. The van der Waals surface area contributed by atoms with E-state index >= 15 is 0 Å². The smallest absolute Gasteiger partial charge is 0.0995 e. The van der Waals surface area contributed by atoms with Crippen molar-refractivity contribution in [2.75, 3.05) is 0 Å². The zero-order chi connectivity index (χ0) is 6.85. The highest BCUT2D eigenvalue weighted by molar-refractivity contribution is 5.33. The fourth-order valence-electron chi connectivity index (χ4n) is 0.827. The summed E-state index contributed by atoms with van der Waals surface area (Å²) in [6, 6.07) is 0. The minimum Gasteiger partial charge on any atom is -0.384 e. The van der Waals surface area contributed by atoms with Gasteiger partial charge in [-0.1, -0.05) is 25.3 Å². The van der Waals surface area contributed by atoms with Gasteiger partial charge in [-0.2, -0.15) is 0 Å². The van der Waals surface area contributed by atoms with Gasteiger partial charge in [-0.15, -0.1) is 0 Å². The number of hydrogen-bond acceptors (Lipinski definition) is 1. The van der Waals surface area contributed by atoms with Crippen LogP contribution < -0.4 is 0 Å². The normalized spacial score (nSPS) is 27.0. The zero-order valence-electron chi connectivity index (χ0n) is 5.30. The molecule has 0 saturated carbocycles. The molecule has 1 unspecified atom stereocenters. The van der Waals surface area contributed by atoms with E-state index in [2.05, 4.69) is 13.2 Å². The summed E-state index contributed by atoms with van der Waals surface area (Å²) < 4.78 is 0. The second-order valence-corrected chi connectivity index (χ2v) is 2.24. The van der Waals surface area contributed by atoms with Crippen molar-refractivity contribution in [3.05, 3.63) is 36.5 Å². The van der Waals surface area contributed by atoms with Gasteiger partial charge in [0.2, 0.25) is 0 Å². The van der Waals surface area contributed by atoms with Crippen LogP contribution in [0.5, 0.6) is 0 Å². The fraction of sp³-hybridized carbons (Fsp3) is 0.250. The Morgan fingerprint density at radius 1 is 1.56 bits per heavy atom. The Morgan fingerprint density at radius 3 is 2.67 bits per heavy atom. The predicted molar refractivity (Wildman–Crippen MR) is 38.0 cm³/mol. The predicted octanol–water partition coefficient (Wildman–Crippen LogP) is 1.42. The average Bonchev–Trinajstić information content (AvgIpc) is 1.83. The van der Waals surface area contributed by atoms with E-state index < -0.39 is 6.10 Å². The van der Waals surface area contributed by atoms with Crippen LogP contribution in [-0.2, 0) is 0 Å². The van der Waals surface area contributed by atoms with Crippen LogP contribution in [0.2, 0.25) is 0 Å². The van der Waals surface area contributed by atoms with E-state index in [-0.39, 0.29) is 0 Å². The molecule has 0 radical (unpaired) electrons. The van der Waals surface area contributed by atoms with Crippen LogP contribution in [0.3, 0.4) is 0 Å². The summed E-state index contributed by atoms with van der Waals surface area (Å²) in [5.74, 6) is 0. The summed E-state index contributed by atoms with van der Waals surface area (Å²) in [6.45, 7) is 7.33. The number of allylic oxidation sites excluding steroid dienone is 1. The van der Waals surface area contributed by atoms with Gasteiger partial charge in [0.15, 0.2) is 0 Å². The first-order valence-electron chi connectivity index (χ1n) is 2.93. The lowest BCUT2D eigenvalue weighted by Crippen LogP contribution is -2.13. The second-order valence-electron chi connectivity index (χ2n) is 2.24. The second kappa shape index (κ2) is 2.19. The van der Waals surface area contributed by atoms with Gasteiger partial charge < -0.3 is 5.11 Å². The van der Waals surface area contributed by atoms with Gasteiger partial charge >= 0.3 is 0 Å². The maximum atomic E-state index is 9.20. The van der Waals surface area contributed by atoms with Crippen LogP contribution in [0, 0.1) is 0 Å². The Balaban J connectivity index is 2.81. The molecule has 0 fully saturated rings. The molecule has 0 bridgehead atoms. The van der Waals surface area contributed by atoms with Gasteiger partial charge in [-0.05, 0) is 17.6 Å². The van der Waals surface area contributed by atoms with E-state index in [9.17, 15) is 5.11 Å². The molecule has 0 heterocycles. The Kier molecular flexibility index (Phi) is 1.54. The van der Waals surface area contributed by atoms with E-state index in [1.54, 1.807) is 0 Å². The minimum atomic E-state index is -0.505. The zero-order valence-corrected chi connectivity index (χ0v) is 5.30. The molecular formula is C8H10O. The molecule has 0 amide bonds. The van der Waals surface area contributed by atoms with Gasteiger partial charge in [0, 0.05) is 0 Å². The molecule has 0 spiro atoms. The summed E-state index contributed by atoms with van der Waals surface area (Å²) in [5.41, 5.74) is 1.58. The van der Waals surface area contributed by atoms with E-state index in [0.717, 1.165) is 17.6 Å². The topological polar surface area (TPSA) is 20.2 Å². The van der Waals surface area contributed by atoms with Crippen molar-refractivity contribution in [1.29, 1.82) is 0 Å². The molecule has 1 atom stereocenters. The largest absolute Gasteiger partial charge is 0.384 e. The van der Waals surface area contributed by atoms with Crippen LogP contribution in [0.25, 0.3) is 0 Å². The first-order valence-corrected chi connectivity index (χ1v) is 2.93. The van der Waals surface area contributed by atoms with Crippen molar-refractivity contribution in [2.24, 2.45) is 0 Å². The maximum absolute atomic E-state index is 9.20. The lowest BCUT2D eigenvalue weighted by atomic mass is 9.96. The quantitative estimate of drug-likeness (QED) is 0.482. The van der Waals surface area contributed by atoms with Crippen LogP contribution in [0.4, 0.5) is 0 Å². The van der Waals surface area contributed by atoms with E-state index in [0.29, 0.717) is 0 Å². The van der Waals surface area contributed by atoms with Gasteiger partial charge in [0.1, 0.15) is 0 Å². The number of aliphatic hydroxyl groups is 1. The lowest BCUT2D eigenvalue weighted by molar-refractivity contribution is 0.247. The molecule has 48 valence electrons. The van der Waals surface area contributed by atoms with Crippen LogP contribution in [-0.4, -0.2) is 11.2 Å². The molecule has 1 rings (SSSR count). The molecule has 0 aromatic carbocycles. The molecular weight excluding hydrogens is 112 g/mol. The first-order chi connectivity index (χ1) is 4.22. The molecule has 1 aliphatic rings. The van der Waals surface area contributed by atoms with Crippen molar-refractivity contribution < 1.29 is 5.11 Å². The van der Waals surface area contributed by atoms with Gasteiger partial charge in [0.25, 0.3) is 0 Å². The van der Waals surface area contributed by atoms with Crippen molar-refractivity contribution in [3.63, 3.8) is 0 Å². The summed E-state index contributed by atoms with van der Waals surface area (Å²) in [4.78, 5) is 0. The molecule has 9 heavy (non-hydrogen) atoms. The third-order valence-electron chi connectivity index (χ3n) is 1.45. The van der Waals surface area contributed by atoms with Crippen molar-refractivity contribution in [2.45, 2.75) is 12.5 Å². The Morgan fingerprint density at radius 2 is 2.22 bits per heavy atom. The van der Waals surface area contributed by atoms with E-state index in [4.69, 9.17) is 0 Å². The lowest BCUT2D eigenvalue weighted by Gasteiger charge is -2.16. The number of hydrogen-bond donors (Lipinski definition) is 1. The highest BCUT2D eigenvalue weighted by Crippen LogP contribution is 2.18. The third-order valence-corrected chi connectivity index (χ3v) is 1.45. The van der Waals surface area contributed by atoms with Gasteiger partial charge in [-0.25, -0.2) is 0 Å². The molecule has 0 aromatic heterocycles. The molecule has 1 nitrogen and oxygen atoms in total. The standard InChI is InChI=1S/C8H10O/c1-6-4-3-5-7(2)8(6)9/h3-4,8-9H,1-2,5H2. The van der Waals surface area contributed by atoms with Crippen LogP contribution in [0.1, 0.15) is 6.42 Å². The van der Waals surface area contributed by atoms with Crippen LogP contribution >= 0.6 is 0 Å². The van der Waals surface area contributed by atoms with Gasteiger partial charge in [-0.3, -0.25) is 0 Å². The summed E-state index contributed by atoms with van der Waals surface area (Å²) in [6.07, 6.45) is 4.06. The maximum Gasteiger partial charge on any atom is 0.0995 e. The monoisotopic (exact) mass is 122 g/mol. The first kappa shape index (κ1) is 6.30.